The van der Waals surface area contributed by atoms with Crippen molar-refractivity contribution in [2.45, 2.75) is 67.9 Å². The molecule has 0 saturated carbocycles. The van der Waals surface area contributed by atoms with E-state index in [1.165, 1.54) is 23.9 Å². The molecule has 2 unspecified atom stereocenters. The highest BCUT2D eigenvalue weighted by Crippen LogP contribution is 2.27. The van der Waals surface area contributed by atoms with Gasteiger partial charge in [-0.15, -0.1) is 11.8 Å². The molecule has 0 aromatic heterocycles. The molecule has 0 radical (unpaired) electrons. The van der Waals surface area contributed by atoms with E-state index in [2.05, 4.69) is 26.6 Å². The fraction of sp³-hybridized carbons (Fsp3) is 0.256. The molecule has 57 heavy (non-hydrogen) atoms. The van der Waals surface area contributed by atoms with Crippen molar-refractivity contribution < 1.29 is 39.0 Å². The standard InChI is InChI=1S/C43H43N5O8S/c49-32-18-12-28(13-19-32)24-33-41(53)47-35(43(55)56)25-27-10-16-31(17-11-27)44-37(50)20-21-38(51)48-39(36-7-4-22-57-36)42(54)46-34(40(52)45-33)23-26-8-14-30(15-9-26)29-5-2-1-3-6-29/h1-6,8-19,22,33-36,39,49H,7,20-21,23-25H2,(H,44,50)(H,45,52)(H,46,54)(H,47,53)(H,48,51)(H,55,56)/t33-,34-,35-,36?,39?/m0/s1. The number of aliphatic carboxylic acids is 1. The lowest BCUT2D eigenvalue weighted by Gasteiger charge is -2.28. The second-order valence-corrected chi connectivity index (χ2v) is 15.1. The number of hydrogen-bond acceptors (Lipinski definition) is 8. The Labute approximate surface area is 333 Å². The van der Waals surface area contributed by atoms with Crippen LogP contribution in [0, 0.1) is 0 Å². The second kappa shape index (κ2) is 19.0. The predicted molar refractivity (Wildman–Crippen MR) is 216 cm³/mol. The molecule has 294 valence electrons. The number of benzene rings is 4. The number of carbonyl (C=O) groups excluding carboxylic acids is 5. The van der Waals surface area contributed by atoms with Gasteiger partial charge in [0.25, 0.3) is 0 Å². The third-order valence-corrected chi connectivity index (χ3v) is 10.9. The van der Waals surface area contributed by atoms with E-state index < -0.39 is 64.9 Å². The fourth-order valence-electron chi connectivity index (χ4n) is 6.59. The maximum Gasteiger partial charge on any atom is 0.326 e. The molecule has 5 atom stereocenters. The zero-order valence-corrected chi connectivity index (χ0v) is 31.7. The minimum Gasteiger partial charge on any atom is -0.508 e. The number of fused-ring (bicyclic) bond motifs is 18. The van der Waals surface area contributed by atoms with E-state index in [1.807, 2.05) is 66.1 Å². The lowest BCUT2D eigenvalue weighted by Crippen LogP contribution is -2.60. The number of nitrogens with one attached hydrogen (secondary N) is 5. The van der Waals surface area contributed by atoms with Gasteiger partial charge in [0.1, 0.15) is 29.9 Å². The van der Waals surface area contributed by atoms with E-state index in [1.54, 1.807) is 36.4 Å². The van der Waals surface area contributed by atoms with Crippen molar-refractivity contribution in [1.29, 1.82) is 0 Å². The van der Waals surface area contributed by atoms with Crippen molar-refractivity contribution in [3.63, 3.8) is 0 Å². The Hall–Kier alpha value is -6.41. The predicted octanol–water partition coefficient (Wildman–Crippen LogP) is 3.86. The van der Waals surface area contributed by atoms with Crippen LogP contribution in [0.25, 0.3) is 11.1 Å². The lowest BCUT2D eigenvalue weighted by atomic mass is 9.99. The highest BCUT2D eigenvalue weighted by atomic mass is 32.2. The van der Waals surface area contributed by atoms with Gasteiger partial charge in [-0.25, -0.2) is 4.79 Å². The third-order valence-electron chi connectivity index (χ3n) is 9.70. The number of rotatable bonds is 7. The first-order valence-electron chi connectivity index (χ1n) is 18.6. The third kappa shape index (κ3) is 11.3. The SMILES string of the molecule is O=C1CCC(=O)NC(C2CC=CS2)C(=O)N[C@@H](Cc2ccc(-c3ccccc3)cc2)C(=O)N[C@@H](Cc2ccc(O)cc2)C(=O)N[C@H](C(=O)O)Cc2ccc(cc2)N1. The summed E-state index contributed by atoms with van der Waals surface area (Å²) in [6.45, 7) is 0. The van der Waals surface area contributed by atoms with Gasteiger partial charge in [-0.05, 0) is 63.9 Å². The summed E-state index contributed by atoms with van der Waals surface area (Å²) >= 11 is 1.36. The van der Waals surface area contributed by atoms with Gasteiger partial charge in [-0.2, -0.15) is 0 Å². The van der Waals surface area contributed by atoms with E-state index in [-0.39, 0.29) is 37.9 Å². The van der Waals surface area contributed by atoms with Gasteiger partial charge in [-0.1, -0.05) is 84.9 Å². The summed E-state index contributed by atoms with van der Waals surface area (Å²) in [6, 6.07) is 24.6. The van der Waals surface area contributed by atoms with Crippen LogP contribution >= 0.6 is 11.8 Å². The van der Waals surface area contributed by atoms with E-state index in [9.17, 15) is 39.0 Å². The van der Waals surface area contributed by atoms with E-state index >= 15 is 0 Å². The number of carbonyl (C=O) groups is 6. The first kappa shape index (κ1) is 40.3. The first-order chi connectivity index (χ1) is 27.5. The van der Waals surface area contributed by atoms with Crippen LogP contribution in [0.3, 0.4) is 0 Å². The molecule has 7 rings (SSSR count). The molecular formula is C43H43N5O8S. The number of thioether (sulfide) groups is 1. The summed E-state index contributed by atoms with van der Waals surface area (Å²) in [7, 11) is 0. The van der Waals surface area contributed by atoms with Gasteiger partial charge in [0.15, 0.2) is 0 Å². The Balaban J connectivity index is 1.34. The zero-order chi connectivity index (χ0) is 40.3. The van der Waals surface area contributed by atoms with Gasteiger partial charge >= 0.3 is 5.97 Å². The lowest BCUT2D eigenvalue weighted by molar-refractivity contribution is -0.142. The van der Waals surface area contributed by atoms with Gasteiger partial charge in [-0.3, -0.25) is 24.0 Å². The van der Waals surface area contributed by atoms with Crippen LogP contribution < -0.4 is 26.6 Å². The molecule has 3 aliphatic rings. The summed E-state index contributed by atoms with van der Waals surface area (Å²) in [4.78, 5) is 81.0. The number of carboxylic acids is 1. The first-order valence-corrected chi connectivity index (χ1v) is 19.5. The monoisotopic (exact) mass is 789 g/mol. The number of anilines is 1. The summed E-state index contributed by atoms with van der Waals surface area (Å²) in [5, 5.41) is 35.1. The molecule has 13 nitrogen and oxygen atoms in total. The molecule has 0 saturated heterocycles. The molecule has 0 fully saturated rings. The number of hydrogen-bond donors (Lipinski definition) is 7. The molecule has 0 aliphatic carbocycles. The number of carboxylic acid groups (broad SMARTS) is 1. The van der Waals surface area contributed by atoms with Crippen LogP contribution in [0.4, 0.5) is 5.69 Å². The number of phenolic OH excluding ortho intramolecular Hbond substituents is 1. The summed E-state index contributed by atoms with van der Waals surface area (Å²) in [6.07, 6.45) is 1.79. The molecular weight excluding hydrogens is 747 g/mol. The Morgan fingerprint density at radius 3 is 1.84 bits per heavy atom. The Morgan fingerprint density at radius 1 is 0.649 bits per heavy atom. The smallest absolute Gasteiger partial charge is 0.326 e. The van der Waals surface area contributed by atoms with E-state index in [0.717, 1.165) is 11.1 Å². The Morgan fingerprint density at radius 2 is 1.23 bits per heavy atom. The van der Waals surface area contributed by atoms with Crippen LogP contribution in [-0.4, -0.2) is 75.1 Å². The van der Waals surface area contributed by atoms with Gasteiger partial charge in [0.05, 0.1) is 0 Å². The highest BCUT2D eigenvalue weighted by molar-refractivity contribution is 8.03. The van der Waals surface area contributed by atoms with Gasteiger partial charge in [0.2, 0.25) is 29.5 Å². The number of amides is 5. The van der Waals surface area contributed by atoms with Crippen LogP contribution in [-0.2, 0) is 48.0 Å². The molecule has 14 heteroatoms. The minimum atomic E-state index is -1.39. The number of allylic oxidation sites excluding steroid dienone is 1. The molecule has 3 heterocycles. The fourth-order valence-corrected chi connectivity index (χ4v) is 7.59. The topological polar surface area (TPSA) is 203 Å². The largest absolute Gasteiger partial charge is 0.508 e. The average molecular weight is 790 g/mol. The summed E-state index contributed by atoms with van der Waals surface area (Å²) in [5.74, 6) is -4.41. The normalized spacial score (nSPS) is 22.3. The van der Waals surface area contributed by atoms with Gasteiger partial charge < -0.3 is 36.8 Å². The Kier molecular flexibility index (Phi) is 13.4. The van der Waals surface area contributed by atoms with E-state index in [4.69, 9.17) is 0 Å². The van der Waals surface area contributed by atoms with Crippen LogP contribution in [0.5, 0.6) is 5.75 Å². The molecule has 4 aromatic carbocycles. The van der Waals surface area contributed by atoms with Crippen molar-refractivity contribution in [3.05, 3.63) is 131 Å². The number of aromatic hydroxyl groups is 1. The summed E-state index contributed by atoms with van der Waals surface area (Å²) in [5.41, 5.74) is 4.17. The Bertz CT molecular complexity index is 2100. The van der Waals surface area contributed by atoms with E-state index in [0.29, 0.717) is 28.8 Å². The van der Waals surface area contributed by atoms with Crippen LogP contribution in [0.2, 0.25) is 0 Å². The zero-order valence-electron chi connectivity index (χ0n) is 30.9. The van der Waals surface area contributed by atoms with Crippen molar-refractivity contribution in [1.82, 2.24) is 21.3 Å². The van der Waals surface area contributed by atoms with Crippen molar-refractivity contribution >= 4 is 53.0 Å². The summed E-state index contributed by atoms with van der Waals surface area (Å²) < 4.78 is 0. The maximum atomic E-state index is 14.4. The molecule has 7 N–H and O–H groups in total. The quantitative estimate of drug-likeness (QED) is 0.136. The van der Waals surface area contributed by atoms with Crippen molar-refractivity contribution in [2.75, 3.05) is 5.32 Å². The second-order valence-electron chi connectivity index (χ2n) is 13.9. The molecule has 5 amide bonds. The molecule has 2 bridgehead atoms. The number of phenols is 1. The van der Waals surface area contributed by atoms with Crippen LogP contribution in [0.15, 0.2) is 115 Å². The maximum absolute atomic E-state index is 14.4. The molecule has 4 aromatic rings. The minimum absolute atomic E-state index is 0.00463. The van der Waals surface area contributed by atoms with Crippen LogP contribution in [0.1, 0.15) is 36.0 Å². The van der Waals surface area contributed by atoms with Crippen molar-refractivity contribution in [3.8, 4) is 16.9 Å². The molecule has 0 spiro atoms. The highest BCUT2D eigenvalue weighted by Gasteiger charge is 2.35. The average Bonchev–Trinajstić information content (AvgIpc) is 3.75. The van der Waals surface area contributed by atoms with Crippen molar-refractivity contribution in [2.24, 2.45) is 0 Å². The molecule has 3 aliphatic heterocycles. The van der Waals surface area contributed by atoms with Gasteiger partial charge in [0, 0.05) is 43.0 Å².